The van der Waals surface area contributed by atoms with Crippen LogP contribution in [0.2, 0.25) is 18.1 Å². The number of fused-ring (bicyclic) bond motifs is 1. The van der Waals surface area contributed by atoms with E-state index in [4.69, 9.17) is 9.16 Å². The number of likely N-dealkylation sites (tertiary alicyclic amines) is 1. The number of piperidine rings is 1. The van der Waals surface area contributed by atoms with Crippen molar-refractivity contribution in [1.29, 1.82) is 0 Å². The normalized spacial score (nSPS) is 30.4. The Morgan fingerprint density at radius 3 is 2.17 bits per heavy atom. The molecule has 0 aromatic carbocycles. The molecule has 0 N–H and O–H groups in total. The number of hydrogen-bond donors (Lipinski definition) is 0. The van der Waals surface area contributed by atoms with E-state index < -0.39 is 20.0 Å². The number of amides is 2. The molecular weight excluding hydrogens is 322 g/mol. The van der Waals surface area contributed by atoms with E-state index in [0.717, 1.165) is 0 Å². The largest absolute Gasteiger partial charge is 0.443 e. The molecule has 0 aromatic rings. The highest BCUT2D eigenvalue weighted by Crippen LogP contribution is 2.56. The first-order chi connectivity index (χ1) is 10.7. The Morgan fingerprint density at radius 1 is 1.17 bits per heavy atom. The lowest BCUT2D eigenvalue weighted by molar-refractivity contribution is -0.131. The average Bonchev–Trinajstić information content (AvgIpc) is 2.89. The van der Waals surface area contributed by atoms with E-state index in [1.54, 1.807) is 0 Å². The molecule has 1 aliphatic heterocycles. The monoisotopic (exact) mass is 355 g/mol. The van der Waals surface area contributed by atoms with Gasteiger partial charge in [0.1, 0.15) is 5.60 Å². The topological polar surface area (TPSA) is 55.8 Å². The first-order valence-corrected chi connectivity index (χ1v) is 11.8. The van der Waals surface area contributed by atoms with E-state index in [2.05, 4.69) is 40.8 Å². The highest BCUT2D eigenvalue weighted by molar-refractivity contribution is 6.74. The molecule has 24 heavy (non-hydrogen) atoms. The summed E-state index contributed by atoms with van der Waals surface area (Å²) in [7, 11) is -1.93. The fourth-order valence-corrected chi connectivity index (χ4v) is 4.22. The summed E-state index contributed by atoms with van der Waals surface area (Å²) < 4.78 is 11.8. The molecule has 1 saturated carbocycles. The molecule has 0 bridgehead atoms. The lowest BCUT2D eigenvalue weighted by Gasteiger charge is -2.38. The minimum absolute atomic E-state index is 0.0365. The van der Waals surface area contributed by atoms with Crippen molar-refractivity contribution in [3.63, 3.8) is 0 Å². The second kappa shape index (κ2) is 5.83. The molecule has 4 atom stereocenters. The summed E-state index contributed by atoms with van der Waals surface area (Å²) in [5.74, 6) is 0.426. The van der Waals surface area contributed by atoms with Gasteiger partial charge in [-0.2, -0.15) is 0 Å². The van der Waals surface area contributed by atoms with Crippen molar-refractivity contribution in [3.05, 3.63) is 0 Å². The predicted octanol–water partition coefficient (Wildman–Crippen LogP) is 4.04. The van der Waals surface area contributed by atoms with Crippen LogP contribution in [0.15, 0.2) is 0 Å². The van der Waals surface area contributed by atoms with E-state index in [1.807, 2.05) is 20.8 Å². The van der Waals surface area contributed by atoms with Crippen LogP contribution in [0.5, 0.6) is 0 Å². The number of nitrogens with zero attached hydrogens (tertiary/aromatic N) is 1. The van der Waals surface area contributed by atoms with Crippen LogP contribution in [-0.2, 0) is 14.0 Å². The van der Waals surface area contributed by atoms with Crippen molar-refractivity contribution >= 4 is 20.3 Å². The van der Waals surface area contributed by atoms with Crippen LogP contribution in [0.1, 0.15) is 48.5 Å². The van der Waals surface area contributed by atoms with E-state index in [1.165, 1.54) is 4.90 Å². The number of carbonyl (C=O) groups excluding carboxylic acids is 2. The molecule has 6 heteroatoms. The molecule has 2 aliphatic rings. The van der Waals surface area contributed by atoms with Gasteiger partial charge in [-0.25, -0.2) is 9.69 Å². The molecule has 1 aliphatic carbocycles. The summed E-state index contributed by atoms with van der Waals surface area (Å²) in [4.78, 5) is 26.4. The third-order valence-corrected chi connectivity index (χ3v) is 10.3. The summed E-state index contributed by atoms with van der Waals surface area (Å²) >= 11 is 0. The van der Waals surface area contributed by atoms with Crippen LogP contribution < -0.4 is 0 Å². The van der Waals surface area contributed by atoms with Crippen LogP contribution >= 0.6 is 0 Å². The Kier molecular flexibility index (Phi) is 4.73. The van der Waals surface area contributed by atoms with Gasteiger partial charge >= 0.3 is 6.09 Å². The lowest BCUT2D eigenvalue weighted by atomic mass is 10.1. The van der Waals surface area contributed by atoms with Crippen LogP contribution in [0.4, 0.5) is 4.79 Å². The number of imide groups is 1. The molecule has 0 unspecified atom stereocenters. The van der Waals surface area contributed by atoms with Gasteiger partial charge < -0.3 is 9.16 Å². The summed E-state index contributed by atoms with van der Waals surface area (Å²) in [6, 6.07) is -0.193. The van der Waals surface area contributed by atoms with Gasteiger partial charge in [0, 0.05) is 5.92 Å². The second-order valence-corrected chi connectivity index (χ2v) is 14.6. The Balaban J connectivity index is 2.13. The Morgan fingerprint density at radius 2 is 1.71 bits per heavy atom. The number of carbonyl (C=O) groups is 2. The van der Waals surface area contributed by atoms with Gasteiger partial charge in [0.25, 0.3) is 0 Å². The second-order valence-electron chi connectivity index (χ2n) is 9.79. The van der Waals surface area contributed by atoms with Crippen molar-refractivity contribution in [2.45, 2.75) is 78.2 Å². The first kappa shape index (κ1) is 19.4. The molecule has 0 spiro atoms. The summed E-state index contributed by atoms with van der Waals surface area (Å²) in [6.45, 7) is 18.9. The van der Waals surface area contributed by atoms with Crippen LogP contribution in [-0.4, -0.2) is 43.5 Å². The Labute approximate surface area is 147 Å². The van der Waals surface area contributed by atoms with E-state index in [-0.39, 0.29) is 28.8 Å². The molecule has 5 nitrogen and oxygen atoms in total. The molecule has 2 amide bonds. The molecule has 1 saturated heterocycles. The maximum Gasteiger partial charge on any atom is 0.417 e. The minimum Gasteiger partial charge on any atom is -0.443 e. The van der Waals surface area contributed by atoms with Gasteiger partial charge in [0.05, 0.1) is 12.6 Å². The molecule has 2 fully saturated rings. The van der Waals surface area contributed by atoms with Crippen molar-refractivity contribution in [2.24, 2.45) is 17.8 Å². The standard InChI is InChI=1S/C18H33NO4Si/c1-11-13-12(10-22-24(8,9)18(5,6)7)19(15(20)14(11)13)16(21)23-17(2,3)4/h11-14H,10H2,1-9H3/t11-,12-,13-,14-/m1/s1. The Bertz CT molecular complexity index is 532. The Hall–Kier alpha value is -0.883. The molecule has 138 valence electrons. The minimum atomic E-state index is -1.93. The average molecular weight is 356 g/mol. The highest BCUT2D eigenvalue weighted by atomic mass is 28.4. The summed E-state index contributed by atoms with van der Waals surface area (Å²) in [5.41, 5.74) is -0.611. The zero-order chi connectivity index (χ0) is 18.7. The zero-order valence-corrected chi connectivity index (χ0v) is 17.6. The summed E-state index contributed by atoms with van der Waals surface area (Å²) in [5, 5.41) is 0.0981. The molecular formula is C18H33NO4Si. The number of rotatable bonds is 3. The molecule has 2 rings (SSSR count). The third-order valence-electron chi connectivity index (χ3n) is 5.76. The molecule has 0 aromatic heterocycles. The number of ether oxygens (including phenoxy) is 1. The fraction of sp³-hybridized carbons (Fsp3) is 0.889. The van der Waals surface area contributed by atoms with E-state index in [9.17, 15) is 9.59 Å². The van der Waals surface area contributed by atoms with E-state index in [0.29, 0.717) is 12.5 Å². The van der Waals surface area contributed by atoms with Gasteiger partial charge in [-0.15, -0.1) is 0 Å². The van der Waals surface area contributed by atoms with Gasteiger partial charge in [0.15, 0.2) is 8.32 Å². The maximum absolute atomic E-state index is 12.6. The van der Waals surface area contributed by atoms with Gasteiger partial charge in [-0.1, -0.05) is 27.7 Å². The molecule has 1 heterocycles. The van der Waals surface area contributed by atoms with Crippen molar-refractivity contribution in [3.8, 4) is 0 Å². The van der Waals surface area contributed by atoms with Gasteiger partial charge in [0.2, 0.25) is 5.91 Å². The fourth-order valence-electron chi connectivity index (χ4n) is 3.20. The lowest BCUT2D eigenvalue weighted by Crippen LogP contribution is -2.50. The van der Waals surface area contributed by atoms with Gasteiger partial charge in [-0.05, 0) is 50.7 Å². The molecule has 0 radical (unpaired) electrons. The van der Waals surface area contributed by atoms with Crippen LogP contribution in [0.25, 0.3) is 0 Å². The van der Waals surface area contributed by atoms with Gasteiger partial charge in [-0.3, -0.25) is 4.79 Å². The number of hydrogen-bond acceptors (Lipinski definition) is 4. The predicted molar refractivity (Wildman–Crippen MR) is 96.2 cm³/mol. The smallest absolute Gasteiger partial charge is 0.417 e. The van der Waals surface area contributed by atoms with Crippen molar-refractivity contribution in [1.82, 2.24) is 4.90 Å². The first-order valence-electron chi connectivity index (χ1n) is 8.87. The third kappa shape index (κ3) is 3.54. The van der Waals surface area contributed by atoms with E-state index >= 15 is 0 Å². The SMILES string of the molecule is C[C@H]1[C@H]2C(=O)N(C(=O)OC(C)(C)C)[C@H](CO[Si](C)(C)C(C)(C)C)[C@@H]12. The maximum atomic E-state index is 12.6. The zero-order valence-electron chi connectivity index (χ0n) is 16.6. The van der Waals surface area contributed by atoms with Crippen molar-refractivity contribution < 1.29 is 18.8 Å². The summed E-state index contributed by atoms with van der Waals surface area (Å²) in [6.07, 6.45) is -0.532. The quantitative estimate of drug-likeness (QED) is 0.717. The van der Waals surface area contributed by atoms with Crippen molar-refractivity contribution in [2.75, 3.05) is 6.61 Å². The van der Waals surface area contributed by atoms with Crippen LogP contribution in [0.3, 0.4) is 0 Å². The van der Waals surface area contributed by atoms with Crippen LogP contribution in [0, 0.1) is 17.8 Å². The highest BCUT2D eigenvalue weighted by Gasteiger charge is 2.66.